The van der Waals surface area contributed by atoms with Crippen molar-refractivity contribution in [2.45, 2.75) is 37.8 Å². The van der Waals surface area contributed by atoms with Crippen LogP contribution in [0.2, 0.25) is 0 Å². The maximum atomic E-state index is 12.7. The monoisotopic (exact) mass is 237 g/mol. The van der Waals surface area contributed by atoms with E-state index in [0.29, 0.717) is 5.92 Å². The molecule has 17 heavy (non-hydrogen) atoms. The number of nitrogens with one attached hydrogen (secondary N) is 1. The Labute approximate surface area is 99.7 Å². The summed E-state index contributed by atoms with van der Waals surface area (Å²) in [5, 5.41) is 11.8. The van der Waals surface area contributed by atoms with E-state index in [1.165, 1.54) is 12.1 Å². The fraction of sp³-hybridized carbons (Fsp3) is 0.462. The van der Waals surface area contributed by atoms with Crippen molar-refractivity contribution in [2.75, 3.05) is 0 Å². The van der Waals surface area contributed by atoms with Gasteiger partial charge >= 0.3 is 5.97 Å². The second-order valence-electron chi connectivity index (χ2n) is 4.64. The molecule has 0 aromatic heterocycles. The largest absolute Gasteiger partial charge is 0.480 e. The van der Waals surface area contributed by atoms with E-state index in [1.807, 2.05) is 0 Å². The van der Waals surface area contributed by atoms with Gasteiger partial charge in [0.2, 0.25) is 0 Å². The van der Waals surface area contributed by atoms with Gasteiger partial charge in [0, 0.05) is 6.04 Å². The molecule has 0 bridgehead atoms. The Morgan fingerprint density at radius 1 is 1.41 bits per heavy atom. The van der Waals surface area contributed by atoms with E-state index in [0.717, 1.165) is 18.4 Å². The zero-order valence-electron chi connectivity index (χ0n) is 9.69. The Hall–Kier alpha value is -1.42. The summed E-state index contributed by atoms with van der Waals surface area (Å²) in [6, 6.07) is 6.30. The Bertz CT molecular complexity index is 398. The summed E-state index contributed by atoms with van der Waals surface area (Å²) in [6.07, 6.45) is 1.84. The van der Waals surface area contributed by atoms with E-state index < -0.39 is 12.0 Å². The van der Waals surface area contributed by atoms with Crippen LogP contribution in [0.1, 0.15) is 31.2 Å². The average Bonchev–Trinajstić information content (AvgIpc) is 2.24. The molecule has 4 heteroatoms. The van der Waals surface area contributed by atoms with Gasteiger partial charge in [-0.25, -0.2) is 4.39 Å². The highest BCUT2D eigenvalue weighted by Gasteiger charge is 2.31. The van der Waals surface area contributed by atoms with Crippen LogP contribution >= 0.6 is 0 Å². The summed E-state index contributed by atoms with van der Waals surface area (Å²) < 4.78 is 12.7. The number of hydrogen-bond donors (Lipinski definition) is 2. The van der Waals surface area contributed by atoms with Crippen LogP contribution in [0.3, 0.4) is 0 Å². The molecule has 1 aromatic rings. The highest BCUT2D eigenvalue weighted by molar-refractivity contribution is 5.72. The SMILES string of the molecule is C[C@@H](NC1CC(c2ccc(F)cc2)C1)C(=O)O. The third kappa shape index (κ3) is 2.82. The molecular weight excluding hydrogens is 221 g/mol. The zero-order valence-corrected chi connectivity index (χ0v) is 9.69. The van der Waals surface area contributed by atoms with Crippen LogP contribution in [-0.2, 0) is 4.79 Å². The molecule has 1 saturated carbocycles. The first-order valence-electron chi connectivity index (χ1n) is 5.80. The lowest BCUT2D eigenvalue weighted by Gasteiger charge is -2.37. The number of carboxylic acid groups (broad SMARTS) is 1. The second-order valence-corrected chi connectivity index (χ2v) is 4.64. The fourth-order valence-corrected chi connectivity index (χ4v) is 2.19. The van der Waals surface area contributed by atoms with Gasteiger partial charge in [0.1, 0.15) is 11.9 Å². The number of carboxylic acids is 1. The molecule has 1 fully saturated rings. The van der Waals surface area contributed by atoms with Gasteiger partial charge in [-0.15, -0.1) is 0 Å². The summed E-state index contributed by atoms with van der Waals surface area (Å²) in [5.41, 5.74) is 1.13. The Morgan fingerprint density at radius 2 is 2.00 bits per heavy atom. The Balaban J connectivity index is 1.83. The van der Waals surface area contributed by atoms with Crippen molar-refractivity contribution in [3.8, 4) is 0 Å². The molecule has 1 atom stereocenters. The van der Waals surface area contributed by atoms with E-state index in [-0.39, 0.29) is 11.9 Å². The first-order chi connectivity index (χ1) is 8.06. The van der Waals surface area contributed by atoms with Crippen molar-refractivity contribution in [2.24, 2.45) is 0 Å². The normalized spacial score (nSPS) is 25.1. The predicted octanol–water partition coefficient (Wildman–Crippen LogP) is 2.13. The lowest BCUT2D eigenvalue weighted by Crippen LogP contribution is -2.47. The topological polar surface area (TPSA) is 49.3 Å². The number of carbonyl (C=O) groups is 1. The van der Waals surface area contributed by atoms with Crippen molar-refractivity contribution < 1.29 is 14.3 Å². The van der Waals surface area contributed by atoms with E-state index >= 15 is 0 Å². The van der Waals surface area contributed by atoms with E-state index in [4.69, 9.17) is 5.11 Å². The molecule has 1 aliphatic rings. The summed E-state index contributed by atoms with van der Waals surface area (Å²) in [6.45, 7) is 1.65. The standard InChI is InChI=1S/C13H16FNO2/c1-8(13(16)17)15-12-6-10(7-12)9-2-4-11(14)5-3-9/h2-5,8,10,12,15H,6-7H2,1H3,(H,16,17)/t8-,10?,12?/m1/s1. The van der Waals surface area contributed by atoms with Gasteiger partial charge < -0.3 is 10.4 Å². The van der Waals surface area contributed by atoms with Crippen LogP contribution in [0.4, 0.5) is 4.39 Å². The number of halogens is 1. The maximum Gasteiger partial charge on any atom is 0.320 e. The molecule has 0 spiro atoms. The molecule has 1 aliphatic carbocycles. The van der Waals surface area contributed by atoms with E-state index in [1.54, 1.807) is 19.1 Å². The van der Waals surface area contributed by atoms with Gasteiger partial charge in [-0.05, 0) is 43.4 Å². The predicted molar refractivity (Wildman–Crippen MR) is 62.4 cm³/mol. The van der Waals surface area contributed by atoms with Crippen molar-refractivity contribution in [1.82, 2.24) is 5.32 Å². The minimum Gasteiger partial charge on any atom is -0.480 e. The van der Waals surface area contributed by atoms with Gasteiger partial charge in [-0.2, -0.15) is 0 Å². The van der Waals surface area contributed by atoms with Crippen molar-refractivity contribution in [1.29, 1.82) is 0 Å². The first-order valence-corrected chi connectivity index (χ1v) is 5.80. The Morgan fingerprint density at radius 3 is 2.53 bits per heavy atom. The molecule has 1 aromatic carbocycles. The smallest absolute Gasteiger partial charge is 0.320 e. The molecule has 2 N–H and O–H groups in total. The number of hydrogen-bond acceptors (Lipinski definition) is 2. The van der Waals surface area contributed by atoms with Gasteiger partial charge in [-0.1, -0.05) is 12.1 Å². The number of aliphatic carboxylic acids is 1. The van der Waals surface area contributed by atoms with Crippen LogP contribution in [0.25, 0.3) is 0 Å². The van der Waals surface area contributed by atoms with Gasteiger partial charge in [-0.3, -0.25) is 4.79 Å². The number of rotatable bonds is 4. The molecule has 0 radical (unpaired) electrons. The zero-order chi connectivity index (χ0) is 12.4. The molecule has 92 valence electrons. The van der Waals surface area contributed by atoms with Crippen molar-refractivity contribution >= 4 is 5.97 Å². The molecule has 0 heterocycles. The highest BCUT2D eigenvalue weighted by atomic mass is 19.1. The summed E-state index contributed by atoms with van der Waals surface area (Å²) in [5.74, 6) is -0.619. The molecule has 0 aliphatic heterocycles. The van der Waals surface area contributed by atoms with Crippen LogP contribution in [0.15, 0.2) is 24.3 Å². The lowest BCUT2D eigenvalue weighted by atomic mass is 9.75. The van der Waals surface area contributed by atoms with E-state index in [9.17, 15) is 9.18 Å². The third-order valence-electron chi connectivity index (χ3n) is 3.34. The maximum absolute atomic E-state index is 12.7. The van der Waals surface area contributed by atoms with Gasteiger partial charge in [0.05, 0.1) is 0 Å². The quantitative estimate of drug-likeness (QED) is 0.843. The average molecular weight is 237 g/mol. The van der Waals surface area contributed by atoms with Crippen molar-refractivity contribution in [3.05, 3.63) is 35.6 Å². The summed E-state index contributed by atoms with van der Waals surface area (Å²) in [7, 11) is 0. The molecule has 3 nitrogen and oxygen atoms in total. The van der Waals surface area contributed by atoms with Crippen LogP contribution < -0.4 is 5.32 Å². The molecule has 2 rings (SSSR count). The molecule has 0 saturated heterocycles. The third-order valence-corrected chi connectivity index (χ3v) is 3.34. The van der Waals surface area contributed by atoms with Crippen molar-refractivity contribution in [3.63, 3.8) is 0 Å². The van der Waals surface area contributed by atoms with Crippen LogP contribution in [0, 0.1) is 5.82 Å². The fourth-order valence-electron chi connectivity index (χ4n) is 2.19. The van der Waals surface area contributed by atoms with Crippen LogP contribution in [0.5, 0.6) is 0 Å². The van der Waals surface area contributed by atoms with Gasteiger partial charge in [0.25, 0.3) is 0 Å². The summed E-state index contributed by atoms with van der Waals surface area (Å²) >= 11 is 0. The molecular formula is C13H16FNO2. The molecule has 0 unspecified atom stereocenters. The van der Waals surface area contributed by atoms with Crippen LogP contribution in [-0.4, -0.2) is 23.2 Å². The van der Waals surface area contributed by atoms with E-state index in [2.05, 4.69) is 5.32 Å². The number of benzene rings is 1. The molecule has 0 amide bonds. The minimum atomic E-state index is -0.824. The lowest BCUT2D eigenvalue weighted by molar-refractivity contribution is -0.139. The summed E-state index contributed by atoms with van der Waals surface area (Å²) in [4.78, 5) is 10.7. The second kappa shape index (κ2) is 4.84. The van der Waals surface area contributed by atoms with Gasteiger partial charge in [0.15, 0.2) is 0 Å². The minimum absolute atomic E-state index is 0.220. The Kier molecular flexibility index (Phi) is 3.43. The highest BCUT2D eigenvalue weighted by Crippen LogP contribution is 2.36. The first kappa shape index (κ1) is 12.0.